The predicted molar refractivity (Wildman–Crippen MR) is 56.6 cm³/mol. The molecule has 0 unspecified atom stereocenters. The molecule has 2 heterocycles. The van der Waals surface area contributed by atoms with Crippen molar-refractivity contribution < 1.29 is 4.84 Å². The Balaban J connectivity index is 2.27. The Morgan fingerprint density at radius 1 is 1.57 bits per heavy atom. The molecule has 0 aromatic rings. The highest BCUT2D eigenvalue weighted by Gasteiger charge is 2.24. The van der Waals surface area contributed by atoms with Gasteiger partial charge in [0.1, 0.15) is 10.9 Å². The van der Waals surface area contributed by atoms with Gasteiger partial charge in [0, 0.05) is 0 Å². The summed E-state index contributed by atoms with van der Waals surface area (Å²) in [6.07, 6.45) is 5.88. The first kappa shape index (κ1) is 9.57. The van der Waals surface area contributed by atoms with Crippen molar-refractivity contribution >= 4 is 17.6 Å². The van der Waals surface area contributed by atoms with Crippen molar-refractivity contribution in [3.63, 3.8) is 0 Å². The van der Waals surface area contributed by atoms with E-state index in [0.29, 0.717) is 0 Å². The number of fused-ring (bicyclic) bond motifs is 1. The van der Waals surface area contributed by atoms with E-state index in [1.807, 2.05) is 30.5 Å². The monoisotopic (exact) mass is 212 g/mol. The summed E-state index contributed by atoms with van der Waals surface area (Å²) in [5.74, 6) is 0.905. The number of nitrogens with zero attached hydrogens (tertiary/aromatic N) is 3. The van der Waals surface area contributed by atoms with E-state index in [2.05, 4.69) is 10.5 Å². The second kappa shape index (κ2) is 3.64. The van der Waals surface area contributed by atoms with Crippen LogP contribution < -0.4 is 5.53 Å². The number of nitrogens with one attached hydrogen (secondary N) is 1. The first-order valence-corrected chi connectivity index (χ1v) is 5.39. The summed E-state index contributed by atoms with van der Waals surface area (Å²) in [5, 5.41) is 4.40. The molecule has 14 heavy (non-hydrogen) atoms. The number of aliphatic imine (C=N–C) groups is 1. The Kier molecular flexibility index (Phi) is 2.49. The van der Waals surface area contributed by atoms with Crippen LogP contribution in [0.25, 0.3) is 0 Å². The lowest BCUT2D eigenvalue weighted by molar-refractivity contribution is -0.143. The lowest BCUT2D eigenvalue weighted by Crippen LogP contribution is -2.43. The normalized spacial score (nSPS) is 20.4. The van der Waals surface area contributed by atoms with E-state index in [4.69, 9.17) is 4.84 Å². The van der Waals surface area contributed by atoms with Gasteiger partial charge in [-0.25, -0.2) is 10.0 Å². The van der Waals surface area contributed by atoms with Crippen molar-refractivity contribution in [2.75, 3.05) is 13.4 Å². The SMILES string of the molecule is CON1C=C2C=C(SC)N=C(C)N2N1. The molecule has 0 amide bonds. The molecule has 0 aromatic heterocycles. The summed E-state index contributed by atoms with van der Waals surface area (Å²) in [7, 11) is 1.61. The van der Waals surface area contributed by atoms with E-state index in [1.165, 1.54) is 5.17 Å². The van der Waals surface area contributed by atoms with Gasteiger partial charge in [-0.1, -0.05) is 0 Å². The van der Waals surface area contributed by atoms with Gasteiger partial charge < -0.3 is 0 Å². The highest BCUT2D eigenvalue weighted by atomic mass is 32.2. The quantitative estimate of drug-likeness (QED) is 0.741. The van der Waals surface area contributed by atoms with E-state index >= 15 is 0 Å². The van der Waals surface area contributed by atoms with Crippen molar-refractivity contribution in [1.82, 2.24) is 15.7 Å². The lowest BCUT2D eigenvalue weighted by Gasteiger charge is -2.24. The zero-order valence-electron chi connectivity index (χ0n) is 8.31. The predicted octanol–water partition coefficient (Wildman–Crippen LogP) is 1.06. The number of amidine groups is 1. The Morgan fingerprint density at radius 3 is 3.00 bits per heavy atom. The smallest absolute Gasteiger partial charge is 0.123 e. The van der Waals surface area contributed by atoms with Gasteiger partial charge in [-0.05, 0) is 19.3 Å². The molecule has 2 aliphatic rings. The molecule has 0 fully saturated rings. The minimum absolute atomic E-state index is 0.905. The Hall–Kier alpha value is -0.980. The summed E-state index contributed by atoms with van der Waals surface area (Å²) >= 11 is 1.63. The van der Waals surface area contributed by atoms with Gasteiger partial charge in [0.05, 0.1) is 19.0 Å². The maximum atomic E-state index is 5.03. The first-order valence-electron chi connectivity index (χ1n) is 4.17. The van der Waals surface area contributed by atoms with Gasteiger partial charge >= 0.3 is 0 Å². The highest BCUT2D eigenvalue weighted by molar-refractivity contribution is 8.02. The topological polar surface area (TPSA) is 40.1 Å². The van der Waals surface area contributed by atoms with E-state index in [1.54, 1.807) is 18.9 Å². The molecule has 0 aliphatic carbocycles. The van der Waals surface area contributed by atoms with E-state index in [9.17, 15) is 0 Å². The van der Waals surface area contributed by atoms with Crippen LogP contribution in [0.2, 0.25) is 0 Å². The minimum Gasteiger partial charge on any atom is -0.260 e. The summed E-state index contributed by atoms with van der Waals surface area (Å²) in [4.78, 5) is 9.43. The molecular formula is C8H12N4OS. The standard InChI is InChI=1S/C8H12N4OS/c1-6-9-8(14-3)4-7-5-11(13-2)10-12(6)7/h4-5,10H,1-3H3. The second-order valence-electron chi connectivity index (χ2n) is 2.84. The molecular weight excluding hydrogens is 200 g/mol. The Bertz CT molecular complexity index is 336. The van der Waals surface area contributed by atoms with Gasteiger partial charge in [0.15, 0.2) is 0 Å². The summed E-state index contributed by atoms with van der Waals surface area (Å²) in [6, 6.07) is 0. The van der Waals surface area contributed by atoms with Crippen molar-refractivity contribution in [3.8, 4) is 0 Å². The third kappa shape index (κ3) is 1.52. The number of hydroxylamine groups is 1. The van der Waals surface area contributed by atoms with E-state index in [0.717, 1.165) is 16.6 Å². The molecule has 1 N–H and O–H groups in total. The maximum Gasteiger partial charge on any atom is 0.123 e. The zero-order chi connectivity index (χ0) is 10.1. The third-order valence-electron chi connectivity index (χ3n) is 1.98. The molecule has 6 heteroatoms. The maximum absolute atomic E-state index is 5.03. The molecule has 0 bridgehead atoms. The number of rotatable bonds is 2. The molecule has 0 saturated carbocycles. The summed E-state index contributed by atoms with van der Waals surface area (Å²) in [5.41, 5.74) is 4.04. The number of hydrazine groups is 2. The molecule has 2 rings (SSSR count). The summed E-state index contributed by atoms with van der Waals surface area (Å²) < 4.78 is 0. The fourth-order valence-corrected chi connectivity index (χ4v) is 1.75. The molecule has 0 saturated heterocycles. The highest BCUT2D eigenvalue weighted by Crippen LogP contribution is 2.25. The van der Waals surface area contributed by atoms with Crippen molar-refractivity contribution in [2.45, 2.75) is 6.92 Å². The van der Waals surface area contributed by atoms with Crippen LogP contribution >= 0.6 is 11.8 Å². The third-order valence-corrected chi connectivity index (χ3v) is 2.61. The largest absolute Gasteiger partial charge is 0.260 e. The first-order chi connectivity index (χ1) is 6.74. The summed E-state index contributed by atoms with van der Waals surface area (Å²) in [6.45, 7) is 1.95. The molecule has 0 spiro atoms. The van der Waals surface area contributed by atoms with E-state index < -0.39 is 0 Å². The second-order valence-corrected chi connectivity index (χ2v) is 3.67. The van der Waals surface area contributed by atoms with Gasteiger partial charge in [-0.15, -0.1) is 17.3 Å². The molecule has 0 atom stereocenters. The Morgan fingerprint density at radius 2 is 2.36 bits per heavy atom. The van der Waals surface area contributed by atoms with Crippen molar-refractivity contribution in [1.29, 1.82) is 0 Å². The molecule has 0 radical (unpaired) electrons. The molecule has 2 aliphatic heterocycles. The van der Waals surface area contributed by atoms with Gasteiger partial charge in [-0.2, -0.15) is 5.17 Å². The molecule has 0 aromatic carbocycles. The number of hydrogen-bond donors (Lipinski definition) is 1. The van der Waals surface area contributed by atoms with Gasteiger partial charge in [0.2, 0.25) is 0 Å². The zero-order valence-corrected chi connectivity index (χ0v) is 9.13. The number of thioether (sulfide) groups is 1. The van der Waals surface area contributed by atoms with Crippen LogP contribution in [0.1, 0.15) is 6.92 Å². The van der Waals surface area contributed by atoms with Crippen LogP contribution in [-0.4, -0.2) is 29.4 Å². The van der Waals surface area contributed by atoms with Gasteiger partial charge in [-0.3, -0.25) is 4.84 Å². The average molecular weight is 212 g/mol. The van der Waals surface area contributed by atoms with Crippen LogP contribution in [-0.2, 0) is 4.84 Å². The van der Waals surface area contributed by atoms with Crippen LogP contribution in [0.4, 0.5) is 0 Å². The minimum atomic E-state index is 0.905. The van der Waals surface area contributed by atoms with Crippen LogP contribution in [0.5, 0.6) is 0 Å². The van der Waals surface area contributed by atoms with Crippen molar-refractivity contribution in [3.05, 3.63) is 23.0 Å². The Labute approximate surface area is 87.0 Å². The number of allylic oxidation sites excluding steroid dienone is 1. The van der Waals surface area contributed by atoms with Crippen LogP contribution in [0, 0.1) is 0 Å². The van der Waals surface area contributed by atoms with Gasteiger partial charge in [0.25, 0.3) is 0 Å². The molecule has 76 valence electrons. The van der Waals surface area contributed by atoms with Crippen LogP contribution in [0.15, 0.2) is 28.0 Å². The fourth-order valence-electron chi connectivity index (χ4n) is 1.29. The number of hydrogen-bond acceptors (Lipinski definition) is 6. The fraction of sp³-hybridized carbons (Fsp3) is 0.375. The lowest BCUT2D eigenvalue weighted by atomic mass is 10.4. The average Bonchev–Trinajstić information content (AvgIpc) is 2.61. The molecule has 5 nitrogen and oxygen atoms in total. The van der Waals surface area contributed by atoms with Crippen molar-refractivity contribution in [2.24, 2.45) is 4.99 Å². The van der Waals surface area contributed by atoms with E-state index in [-0.39, 0.29) is 0 Å². The van der Waals surface area contributed by atoms with Crippen LogP contribution in [0.3, 0.4) is 0 Å².